The fraction of sp³-hybridized carbons (Fsp3) is 0.786. The third-order valence-electron chi connectivity index (χ3n) is 4.38. The van der Waals surface area contributed by atoms with E-state index in [2.05, 4.69) is 42.1 Å². The first-order valence-corrected chi connectivity index (χ1v) is 6.87. The highest BCUT2D eigenvalue weighted by molar-refractivity contribution is 5.21. The van der Waals surface area contributed by atoms with E-state index in [4.69, 9.17) is 4.74 Å². The van der Waals surface area contributed by atoms with Crippen molar-refractivity contribution in [2.24, 2.45) is 5.41 Å². The SMILES string of the molecule is CC(C)(C)n1cc(C2NCC23CCOCC3)cn1. The number of aromatic nitrogens is 2. The van der Waals surface area contributed by atoms with Gasteiger partial charge in [-0.2, -0.15) is 5.10 Å². The second kappa shape index (κ2) is 4.07. The molecule has 2 fully saturated rings. The van der Waals surface area contributed by atoms with Gasteiger partial charge in [0.15, 0.2) is 0 Å². The molecule has 0 radical (unpaired) electrons. The lowest BCUT2D eigenvalue weighted by molar-refractivity contribution is -0.0479. The Morgan fingerprint density at radius 2 is 2.11 bits per heavy atom. The van der Waals surface area contributed by atoms with Crippen LogP contribution in [0.1, 0.15) is 45.2 Å². The topological polar surface area (TPSA) is 39.1 Å². The molecule has 2 aliphatic rings. The molecule has 1 N–H and O–H groups in total. The van der Waals surface area contributed by atoms with Gasteiger partial charge in [-0.25, -0.2) is 0 Å². The Kier molecular flexibility index (Phi) is 2.75. The molecule has 0 aliphatic carbocycles. The first kappa shape index (κ1) is 12.2. The lowest BCUT2D eigenvalue weighted by Crippen LogP contribution is -2.58. The molecule has 1 aromatic rings. The molecule has 3 rings (SSSR count). The van der Waals surface area contributed by atoms with Gasteiger partial charge in [0.2, 0.25) is 0 Å². The van der Waals surface area contributed by atoms with Crippen LogP contribution in [0, 0.1) is 5.41 Å². The van der Waals surface area contributed by atoms with E-state index in [1.807, 2.05) is 6.20 Å². The largest absolute Gasteiger partial charge is 0.381 e. The van der Waals surface area contributed by atoms with Gasteiger partial charge in [0.1, 0.15) is 0 Å². The van der Waals surface area contributed by atoms with E-state index in [1.165, 1.54) is 18.4 Å². The van der Waals surface area contributed by atoms with Crippen molar-refractivity contribution in [3.63, 3.8) is 0 Å². The van der Waals surface area contributed by atoms with Crippen molar-refractivity contribution in [3.8, 4) is 0 Å². The summed E-state index contributed by atoms with van der Waals surface area (Å²) >= 11 is 0. The number of nitrogens with zero attached hydrogens (tertiary/aromatic N) is 2. The first-order chi connectivity index (χ1) is 8.51. The third-order valence-corrected chi connectivity index (χ3v) is 4.38. The Labute approximate surface area is 109 Å². The van der Waals surface area contributed by atoms with Gasteiger partial charge >= 0.3 is 0 Å². The van der Waals surface area contributed by atoms with Gasteiger partial charge in [-0.15, -0.1) is 0 Å². The Bertz CT molecular complexity index is 426. The first-order valence-electron chi connectivity index (χ1n) is 6.87. The van der Waals surface area contributed by atoms with Crippen LogP contribution in [-0.4, -0.2) is 29.5 Å². The molecule has 0 bridgehead atoms. The summed E-state index contributed by atoms with van der Waals surface area (Å²) in [6, 6.07) is 0.470. The Hall–Kier alpha value is -0.870. The van der Waals surface area contributed by atoms with Crippen LogP contribution in [0.25, 0.3) is 0 Å². The summed E-state index contributed by atoms with van der Waals surface area (Å²) < 4.78 is 7.56. The Balaban J connectivity index is 1.81. The van der Waals surface area contributed by atoms with E-state index in [0.29, 0.717) is 11.5 Å². The molecule has 1 unspecified atom stereocenters. The zero-order valence-electron chi connectivity index (χ0n) is 11.6. The molecule has 1 spiro atoms. The normalized spacial score (nSPS) is 27.2. The van der Waals surface area contributed by atoms with Crippen molar-refractivity contribution >= 4 is 0 Å². The van der Waals surface area contributed by atoms with Crippen molar-refractivity contribution < 1.29 is 4.74 Å². The Morgan fingerprint density at radius 3 is 2.61 bits per heavy atom. The molecule has 1 atom stereocenters. The summed E-state index contributed by atoms with van der Waals surface area (Å²) in [7, 11) is 0. The molecule has 0 amide bonds. The summed E-state index contributed by atoms with van der Waals surface area (Å²) in [4.78, 5) is 0. The molecule has 2 saturated heterocycles. The molecule has 0 aromatic carbocycles. The molecule has 100 valence electrons. The minimum absolute atomic E-state index is 0.0604. The average Bonchev–Trinajstić information content (AvgIpc) is 2.77. The quantitative estimate of drug-likeness (QED) is 0.828. The number of ether oxygens (including phenoxy) is 1. The predicted octanol–water partition coefficient (Wildman–Crippen LogP) is 2.08. The second-order valence-electron chi connectivity index (χ2n) is 6.68. The predicted molar refractivity (Wildman–Crippen MR) is 70.5 cm³/mol. The monoisotopic (exact) mass is 249 g/mol. The molecule has 4 heteroatoms. The molecule has 18 heavy (non-hydrogen) atoms. The number of nitrogens with one attached hydrogen (secondary N) is 1. The van der Waals surface area contributed by atoms with E-state index in [-0.39, 0.29) is 5.54 Å². The lowest BCUT2D eigenvalue weighted by atomic mass is 9.66. The summed E-state index contributed by atoms with van der Waals surface area (Å²) in [5.74, 6) is 0. The van der Waals surface area contributed by atoms with E-state index in [0.717, 1.165) is 19.8 Å². The zero-order chi connectivity index (χ0) is 12.8. The zero-order valence-corrected chi connectivity index (χ0v) is 11.6. The maximum absolute atomic E-state index is 5.50. The van der Waals surface area contributed by atoms with Crippen molar-refractivity contribution in [3.05, 3.63) is 18.0 Å². The van der Waals surface area contributed by atoms with Gasteiger partial charge in [-0.3, -0.25) is 4.68 Å². The van der Waals surface area contributed by atoms with Crippen LogP contribution in [0.2, 0.25) is 0 Å². The van der Waals surface area contributed by atoms with Gasteiger partial charge in [0, 0.05) is 43.0 Å². The van der Waals surface area contributed by atoms with Crippen molar-refractivity contribution in [1.82, 2.24) is 15.1 Å². The van der Waals surface area contributed by atoms with Crippen LogP contribution >= 0.6 is 0 Å². The van der Waals surface area contributed by atoms with E-state index >= 15 is 0 Å². The van der Waals surface area contributed by atoms with E-state index in [1.54, 1.807) is 0 Å². The molecule has 2 aliphatic heterocycles. The summed E-state index contributed by atoms with van der Waals surface area (Å²) in [6.45, 7) is 9.49. The smallest absolute Gasteiger partial charge is 0.0543 e. The number of hydrogen-bond acceptors (Lipinski definition) is 3. The highest BCUT2D eigenvalue weighted by atomic mass is 16.5. The van der Waals surface area contributed by atoms with Crippen LogP contribution in [-0.2, 0) is 10.3 Å². The second-order valence-corrected chi connectivity index (χ2v) is 6.68. The number of rotatable bonds is 1. The van der Waals surface area contributed by atoms with Crippen molar-refractivity contribution in [1.29, 1.82) is 0 Å². The van der Waals surface area contributed by atoms with Crippen LogP contribution < -0.4 is 5.32 Å². The molecule has 3 heterocycles. The van der Waals surface area contributed by atoms with Crippen LogP contribution in [0.4, 0.5) is 0 Å². The van der Waals surface area contributed by atoms with Crippen LogP contribution in [0.5, 0.6) is 0 Å². The van der Waals surface area contributed by atoms with Crippen LogP contribution in [0.15, 0.2) is 12.4 Å². The number of hydrogen-bond donors (Lipinski definition) is 1. The van der Waals surface area contributed by atoms with Gasteiger partial charge in [-0.1, -0.05) is 0 Å². The van der Waals surface area contributed by atoms with E-state index < -0.39 is 0 Å². The van der Waals surface area contributed by atoms with Gasteiger partial charge in [0.05, 0.1) is 11.7 Å². The van der Waals surface area contributed by atoms with E-state index in [9.17, 15) is 0 Å². The molecule has 4 nitrogen and oxygen atoms in total. The molecule has 1 aromatic heterocycles. The summed E-state index contributed by atoms with van der Waals surface area (Å²) in [5, 5.41) is 8.09. The highest BCUT2D eigenvalue weighted by Crippen LogP contribution is 2.48. The molecular weight excluding hydrogens is 226 g/mol. The fourth-order valence-corrected chi connectivity index (χ4v) is 3.06. The minimum Gasteiger partial charge on any atom is -0.381 e. The average molecular weight is 249 g/mol. The van der Waals surface area contributed by atoms with Gasteiger partial charge < -0.3 is 10.1 Å². The molecular formula is C14H23N3O. The van der Waals surface area contributed by atoms with Crippen LogP contribution in [0.3, 0.4) is 0 Å². The standard InChI is InChI=1S/C14H23N3O/c1-13(2,3)17-9-11(8-16-17)12-14(10-15-12)4-6-18-7-5-14/h8-9,12,15H,4-7,10H2,1-3H3. The summed E-state index contributed by atoms with van der Waals surface area (Å²) in [5.41, 5.74) is 1.81. The van der Waals surface area contributed by atoms with Gasteiger partial charge in [-0.05, 0) is 33.6 Å². The fourth-order valence-electron chi connectivity index (χ4n) is 3.06. The maximum Gasteiger partial charge on any atom is 0.0543 e. The third kappa shape index (κ3) is 1.88. The summed E-state index contributed by atoms with van der Waals surface area (Å²) in [6.07, 6.45) is 6.57. The Morgan fingerprint density at radius 1 is 1.39 bits per heavy atom. The maximum atomic E-state index is 5.50. The molecule has 0 saturated carbocycles. The van der Waals surface area contributed by atoms with Crippen molar-refractivity contribution in [2.75, 3.05) is 19.8 Å². The van der Waals surface area contributed by atoms with Gasteiger partial charge in [0.25, 0.3) is 0 Å². The minimum atomic E-state index is 0.0604. The highest BCUT2D eigenvalue weighted by Gasteiger charge is 2.48. The van der Waals surface area contributed by atoms with Crippen molar-refractivity contribution in [2.45, 2.75) is 45.2 Å². The lowest BCUT2D eigenvalue weighted by Gasteiger charge is -2.52.